The lowest BCUT2D eigenvalue weighted by atomic mass is 10.1. The van der Waals surface area contributed by atoms with Gasteiger partial charge in [-0.25, -0.2) is 9.82 Å². The Morgan fingerprint density at radius 3 is 2.42 bits per heavy atom. The van der Waals surface area contributed by atoms with Crippen LogP contribution in [0.5, 0.6) is 0 Å². The van der Waals surface area contributed by atoms with Gasteiger partial charge in [0, 0.05) is 15.7 Å². The van der Waals surface area contributed by atoms with Gasteiger partial charge in [-0.05, 0) is 48.9 Å². The van der Waals surface area contributed by atoms with Gasteiger partial charge in [-0.15, -0.1) is 10.2 Å². The molecule has 6 nitrogen and oxygen atoms in total. The Balaban J connectivity index is 1.51. The van der Waals surface area contributed by atoms with Gasteiger partial charge in [0.25, 0.3) is 5.91 Å². The number of thioether (sulfide) groups is 1. The summed E-state index contributed by atoms with van der Waals surface area (Å²) in [6.45, 7) is 1.75. The van der Waals surface area contributed by atoms with E-state index in [9.17, 15) is 9.18 Å². The average Bonchev–Trinajstić information content (AvgIpc) is 3.26. The molecule has 0 saturated carbocycles. The minimum atomic E-state index is -0.322. The van der Waals surface area contributed by atoms with Gasteiger partial charge in [0.15, 0.2) is 11.0 Å². The van der Waals surface area contributed by atoms with Crippen molar-refractivity contribution in [1.29, 1.82) is 0 Å². The fourth-order valence-corrected chi connectivity index (χ4v) is 4.03. The van der Waals surface area contributed by atoms with E-state index in [-0.39, 0.29) is 17.5 Å². The molecule has 0 unspecified atom stereocenters. The van der Waals surface area contributed by atoms with E-state index in [1.165, 1.54) is 23.9 Å². The number of halogens is 2. The predicted molar refractivity (Wildman–Crippen MR) is 132 cm³/mol. The molecule has 0 saturated heterocycles. The lowest BCUT2D eigenvalue weighted by molar-refractivity contribution is -0.118. The Morgan fingerprint density at radius 1 is 1.03 bits per heavy atom. The summed E-state index contributed by atoms with van der Waals surface area (Å²) in [5, 5.41) is 13.4. The Hall–Kier alpha value is -3.30. The molecule has 9 heteroatoms. The number of carbonyl (C=O) groups is 1. The van der Waals surface area contributed by atoms with Crippen molar-refractivity contribution in [3.8, 4) is 17.1 Å². The van der Waals surface area contributed by atoms with Crippen molar-refractivity contribution in [2.45, 2.75) is 12.1 Å². The highest BCUT2D eigenvalue weighted by molar-refractivity contribution is 9.10. The molecule has 0 radical (unpaired) electrons. The first kappa shape index (κ1) is 22.9. The molecule has 1 aromatic heterocycles. The standard InChI is InChI=1S/C24H19BrFN5OS/c1-16(17-7-11-20(26)12-8-17)27-28-22(32)15-33-24-30-29-23(18-5-3-2-4-6-18)31(24)21-13-9-19(25)10-14-21/h2-14H,15H2,1H3,(H,28,32). The van der Waals surface area contributed by atoms with Crippen molar-refractivity contribution in [2.75, 3.05) is 5.75 Å². The number of aromatic nitrogens is 3. The van der Waals surface area contributed by atoms with Gasteiger partial charge < -0.3 is 0 Å². The van der Waals surface area contributed by atoms with Crippen molar-refractivity contribution in [3.05, 3.63) is 94.7 Å². The Labute approximate surface area is 203 Å². The number of benzene rings is 3. The van der Waals surface area contributed by atoms with Crippen LogP contribution >= 0.6 is 27.7 Å². The number of hydrogen-bond donors (Lipinski definition) is 1. The zero-order valence-corrected chi connectivity index (χ0v) is 20.0. The van der Waals surface area contributed by atoms with Crippen LogP contribution in [0, 0.1) is 5.82 Å². The van der Waals surface area contributed by atoms with Crippen LogP contribution in [0.1, 0.15) is 12.5 Å². The lowest BCUT2D eigenvalue weighted by Gasteiger charge is -2.10. The summed E-state index contributed by atoms with van der Waals surface area (Å²) >= 11 is 4.73. The predicted octanol–water partition coefficient (Wildman–Crippen LogP) is 5.47. The third kappa shape index (κ3) is 5.74. The van der Waals surface area contributed by atoms with Gasteiger partial charge in [0.05, 0.1) is 11.5 Å². The maximum atomic E-state index is 13.1. The highest BCUT2D eigenvalue weighted by atomic mass is 79.9. The van der Waals surface area contributed by atoms with Crippen LogP contribution in [0.25, 0.3) is 17.1 Å². The van der Waals surface area contributed by atoms with Crippen molar-refractivity contribution >= 4 is 39.3 Å². The van der Waals surface area contributed by atoms with Crippen LogP contribution in [-0.4, -0.2) is 32.1 Å². The van der Waals surface area contributed by atoms with E-state index in [4.69, 9.17) is 0 Å². The molecule has 4 rings (SSSR count). The van der Waals surface area contributed by atoms with Gasteiger partial charge in [0.1, 0.15) is 5.82 Å². The zero-order valence-electron chi connectivity index (χ0n) is 17.6. The highest BCUT2D eigenvalue weighted by Crippen LogP contribution is 2.28. The van der Waals surface area contributed by atoms with Gasteiger partial charge in [-0.2, -0.15) is 5.10 Å². The SMILES string of the molecule is CC(=NNC(=O)CSc1nnc(-c2ccccc2)n1-c1ccc(Br)cc1)c1ccc(F)cc1. The smallest absolute Gasteiger partial charge is 0.250 e. The van der Waals surface area contributed by atoms with Crippen molar-refractivity contribution in [2.24, 2.45) is 5.10 Å². The molecule has 3 aromatic carbocycles. The summed E-state index contributed by atoms with van der Waals surface area (Å²) in [6, 6.07) is 23.5. The summed E-state index contributed by atoms with van der Waals surface area (Å²) in [5.74, 6) is 0.180. The van der Waals surface area contributed by atoms with E-state index in [1.807, 2.05) is 59.2 Å². The van der Waals surface area contributed by atoms with Crippen LogP contribution in [-0.2, 0) is 4.79 Å². The first-order chi connectivity index (χ1) is 16.0. The number of nitrogens with zero attached hydrogens (tertiary/aromatic N) is 4. The molecule has 1 N–H and O–H groups in total. The third-order valence-corrected chi connectivity index (χ3v) is 6.15. The van der Waals surface area contributed by atoms with Crippen LogP contribution in [0.3, 0.4) is 0 Å². The fraction of sp³-hybridized carbons (Fsp3) is 0.0833. The molecule has 0 aliphatic heterocycles. The van der Waals surface area contributed by atoms with E-state index >= 15 is 0 Å². The van der Waals surface area contributed by atoms with E-state index < -0.39 is 0 Å². The largest absolute Gasteiger partial charge is 0.272 e. The van der Waals surface area contributed by atoms with Gasteiger partial charge in [-0.1, -0.05) is 70.2 Å². The minimum absolute atomic E-state index is 0.101. The molecular weight excluding hydrogens is 505 g/mol. The average molecular weight is 524 g/mol. The highest BCUT2D eigenvalue weighted by Gasteiger charge is 2.17. The van der Waals surface area contributed by atoms with E-state index in [2.05, 4.69) is 36.7 Å². The van der Waals surface area contributed by atoms with Crippen LogP contribution in [0.2, 0.25) is 0 Å². The molecule has 166 valence electrons. The number of nitrogens with one attached hydrogen (secondary N) is 1. The Kier molecular flexibility index (Phi) is 7.31. The maximum absolute atomic E-state index is 13.1. The fourth-order valence-electron chi connectivity index (χ4n) is 3.02. The topological polar surface area (TPSA) is 72.2 Å². The third-order valence-electron chi connectivity index (χ3n) is 4.69. The Morgan fingerprint density at radius 2 is 1.73 bits per heavy atom. The van der Waals surface area contributed by atoms with Crippen molar-refractivity contribution in [1.82, 2.24) is 20.2 Å². The number of rotatable bonds is 7. The molecular formula is C24H19BrFN5OS. The maximum Gasteiger partial charge on any atom is 0.250 e. The van der Waals surface area contributed by atoms with Gasteiger partial charge >= 0.3 is 0 Å². The number of carbonyl (C=O) groups excluding carboxylic acids is 1. The molecule has 0 spiro atoms. The van der Waals surface area contributed by atoms with E-state index in [0.29, 0.717) is 16.7 Å². The second kappa shape index (κ2) is 10.5. The first-order valence-corrected chi connectivity index (χ1v) is 11.8. The molecule has 0 bridgehead atoms. The molecule has 1 heterocycles. The molecule has 1 amide bonds. The van der Waals surface area contributed by atoms with Crippen LogP contribution in [0.15, 0.2) is 93.6 Å². The number of amides is 1. The van der Waals surface area contributed by atoms with Crippen LogP contribution < -0.4 is 5.43 Å². The van der Waals surface area contributed by atoms with Gasteiger partial charge in [0.2, 0.25) is 0 Å². The molecule has 33 heavy (non-hydrogen) atoms. The van der Waals surface area contributed by atoms with E-state index in [1.54, 1.807) is 19.1 Å². The normalized spacial score (nSPS) is 11.4. The van der Waals surface area contributed by atoms with Crippen LogP contribution in [0.4, 0.5) is 4.39 Å². The molecule has 0 fully saturated rings. The zero-order chi connectivity index (χ0) is 23.2. The summed E-state index contributed by atoms with van der Waals surface area (Å²) in [5.41, 5.74) is 5.66. The monoisotopic (exact) mass is 523 g/mol. The molecule has 0 atom stereocenters. The Bertz CT molecular complexity index is 1270. The molecule has 0 aliphatic carbocycles. The molecule has 0 aliphatic rings. The van der Waals surface area contributed by atoms with E-state index in [0.717, 1.165) is 21.3 Å². The minimum Gasteiger partial charge on any atom is -0.272 e. The van der Waals surface area contributed by atoms with Crippen molar-refractivity contribution < 1.29 is 9.18 Å². The van der Waals surface area contributed by atoms with Crippen molar-refractivity contribution in [3.63, 3.8) is 0 Å². The second-order valence-corrected chi connectivity index (χ2v) is 8.87. The summed E-state index contributed by atoms with van der Waals surface area (Å²) in [4.78, 5) is 12.4. The first-order valence-electron chi connectivity index (χ1n) is 10.00. The second-order valence-electron chi connectivity index (χ2n) is 7.01. The summed E-state index contributed by atoms with van der Waals surface area (Å²) in [7, 11) is 0. The summed E-state index contributed by atoms with van der Waals surface area (Å²) < 4.78 is 16.0. The summed E-state index contributed by atoms with van der Waals surface area (Å²) in [6.07, 6.45) is 0. The lowest BCUT2D eigenvalue weighted by Crippen LogP contribution is -2.21. The number of hydrogen-bond acceptors (Lipinski definition) is 5. The molecule has 4 aromatic rings. The van der Waals surface area contributed by atoms with Gasteiger partial charge in [-0.3, -0.25) is 9.36 Å². The number of hydrazone groups is 1. The quantitative estimate of drug-likeness (QED) is 0.198.